The summed E-state index contributed by atoms with van der Waals surface area (Å²) in [4.78, 5) is 17.4. The second-order valence-corrected chi connectivity index (χ2v) is 5.92. The summed E-state index contributed by atoms with van der Waals surface area (Å²) < 4.78 is 43.2. The number of rotatable bonds is 3. The van der Waals surface area contributed by atoms with Gasteiger partial charge in [0.1, 0.15) is 11.8 Å². The Morgan fingerprint density at radius 2 is 2.00 bits per heavy atom. The van der Waals surface area contributed by atoms with E-state index in [9.17, 15) is 18.0 Å². The number of aromatic nitrogens is 1. The Bertz CT molecular complexity index is 736. The largest absolute Gasteiger partial charge is 0.433 e. The van der Waals surface area contributed by atoms with Gasteiger partial charge in [0.2, 0.25) is 0 Å². The molecular weight excluding hydrogens is 347 g/mol. The van der Waals surface area contributed by atoms with Crippen LogP contribution in [0.4, 0.5) is 18.0 Å². The minimum atomic E-state index is -4.47. The molecule has 0 saturated carbocycles. The maximum Gasteiger partial charge on any atom is 0.433 e. The quantitative estimate of drug-likeness (QED) is 0.907. The zero-order chi connectivity index (χ0) is 18.6. The van der Waals surface area contributed by atoms with Crippen LogP contribution in [0, 0.1) is 0 Å². The lowest BCUT2D eigenvalue weighted by molar-refractivity contribution is -0.141. The van der Waals surface area contributed by atoms with Crippen molar-refractivity contribution in [2.45, 2.75) is 18.8 Å². The number of carbonyl (C=O) groups is 1. The fraction of sp³-hybridized carbons (Fsp3) is 0.333. The topological polar surface area (TPSA) is 54.5 Å². The van der Waals surface area contributed by atoms with Gasteiger partial charge in [-0.1, -0.05) is 36.4 Å². The number of alkyl halides is 3. The SMILES string of the molecule is O=C(NCc1ccc(C(F)(F)F)nc1)N1CCOC(c2ccccc2)C1. The van der Waals surface area contributed by atoms with Gasteiger partial charge in [-0.15, -0.1) is 0 Å². The molecule has 1 aliphatic rings. The number of amides is 2. The maximum absolute atomic E-state index is 12.5. The first kappa shape index (κ1) is 18.2. The average molecular weight is 365 g/mol. The molecule has 0 aliphatic carbocycles. The molecule has 1 N–H and O–H groups in total. The third-order valence-electron chi connectivity index (χ3n) is 4.08. The van der Waals surface area contributed by atoms with E-state index in [1.165, 1.54) is 6.07 Å². The van der Waals surface area contributed by atoms with E-state index in [0.29, 0.717) is 25.3 Å². The molecule has 3 rings (SSSR count). The summed E-state index contributed by atoms with van der Waals surface area (Å²) in [5.41, 5.74) is 0.544. The molecule has 8 heteroatoms. The van der Waals surface area contributed by atoms with Gasteiger partial charge in [0.15, 0.2) is 0 Å². The van der Waals surface area contributed by atoms with E-state index in [2.05, 4.69) is 10.3 Å². The highest BCUT2D eigenvalue weighted by atomic mass is 19.4. The Balaban J connectivity index is 1.54. The molecule has 2 amide bonds. The van der Waals surface area contributed by atoms with E-state index in [1.54, 1.807) is 4.90 Å². The summed E-state index contributed by atoms with van der Waals surface area (Å²) >= 11 is 0. The minimum absolute atomic E-state index is 0.108. The number of morpholine rings is 1. The van der Waals surface area contributed by atoms with Gasteiger partial charge in [-0.2, -0.15) is 13.2 Å². The number of carbonyl (C=O) groups excluding carboxylic acids is 1. The fourth-order valence-corrected chi connectivity index (χ4v) is 2.69. The number of hydrogen-bond donors (Lipinski definition) is 1. The Kier molecular flexibility index (Phi) is 5.41. The van der Waals surface area contributed by atoms with Crippen molar-refractivity contribution in [3.8, 4) is 0 Å². The van der Waals surface area contributed by atoms with Crippen molar-refractivity contribution in [1.82, 2.24) is 15.2 Å². The van der Waals surface area contributed by atoms with Gasteiger partial charge >= 0.3 is 12.2 Å². The van der Waals surface area contributed by atoms with E-state index in [-0.39, 0.29) is 18.7 Å². The highest BCUT2D eigenvalue weighted by molar-refractivity contribution is 5.74. The van der Waals surface area contributed by atoms with Crippen LogP contribution in [0.5, 0.6) is 0 Å². The van der Waals surface area contributed by atoms with Crippen molar-refractivity contribution < 1.29 is 22.7 Å². The third-order valence-corrected chi connectivity index (χ3v) is 4.08. The van der Waals surface area contributed by atoms with Crippen molar-refractivity contribution in [2.24, 2.45) is 0 Å². The predicted octanol–water partition coefficient (Wildman–Crippen LogP) is 3.38. The summed E-state index contributed by atoms with van der Waals surface area (Å²) in [6.45, 7) is 1.41. The van der Waals surface area contributed by atoms with E-state index >= 15 is 0 Å². The number of benzene rings is 1. The molecule has 1 aliphatic heterocycles. The van der Waals surface area contributed by atoms with Crippen molar-refractivity contribution in [2.75, 3.05) is 19.7 Å². The first-order valence-corrected chi connectivity index (χ1v) is 8.15. The molecule has 26 heavy (non-hydrogen) atoms. The Morgan fingerprint density at radius 3 is 2.65 bits per heavy atom. The number of hydrogen-bond acceptors (Lipinski definition) is 3. The molecule has 1 fully saturated rings. The smallest absolute Gasteiger partial charge is 0.370 e. The van der Waals surface area contributed by atoms with Gasteiger partial charge in [-0.05, 0) is 17.2 Å². The van der Waals surface area contributed by atoms with Gasteiger partial charge < -0.3 is 15.0 Å². The summed E-state index contributed by atoms with van der Waals surface area (Å²) in [6, 6.07) is 11.6. The minimum Gasteiger partial charge on any atom is -0.370 e. The number of ether oxygens (including phenoxy) is 1. The fourth-order valence-electron chi connectivity index (χ4n) is 2.69. The van der Waals surface area contributed by atoms with Crippen molar-refractivity contribution in [1.29, 1.82) is 0 Å². The van der Waals surface area contributed by atoms with Gasteiger partial charge in [0, 0.05) is 19.3 Å². The van der Waals surface area contributed by atoms with Gasteiger partial charge in [0.05, 0.1) is 13.2 Å². The molecule has 1 saturated heterocycles. The van der Waals surface area contributed by atoms with Gasteiger partial charge in [-0.25, -0.2) is 4.79 Å². The second-order valence-electron chi connectivity index (χ2n) is 5.92. The van der Waals surface area contributed by atoms with Crippen molar-refractivity contribution in [3.63, 3.8) is 0 Å². The second kappa shape index (κ2) is 7.74. The van der Waals surface area contributed by atoms with Crippen LogP contribution in [0.2, 0.25) is 0 Å². The monoisotopic (exact) mass is 365 g/mol. The summed E-state index contributed by atoms with van der Waals surface area (Å²) in [5, 5.41) is 2.71. The summed E-state index contributed by atoms with van der Waals surface area (Å²) in [5.74, 6) is 0. The molecule has 2 aromatic rings. The molecule has 1 aromatic carbocycles. The Labute approximate surface area is 148 Å². The summed E-state index contributed by atoms with van der Waals surface area (Å²) in [7, 11) is 0. The van der Waals surface area contributed by atoms with E-state index in [4.69, 9.17) is 4.74 Å². The third kappa shape index (κ3) is 4.51. The van der Waals surface area contributed by atoms with E-state index < -0.39 is 11.9 Å². The van der Waals surface area contributed by atoms with Crippen LogP contribution in [-0.4, -0.2) is 35.6 Å². The normalized spacial score (nSPS) is 17.8. The predicted molar refractivity (Wildman–Crippen MR) is 88.2 cm³/mol. The van der Waals surface area contributed by atoms with Crippen LogP contribution in [0.15, 0.2) is 48.7 Å². The lowest BCUT2D eigenvalue weighted by atomic mass is 10.1. The van der Waals surface area contributed by atoms with Crippen LogP contribution in [0.3, 0.4) is 0 Å². The van der Waals surface area contributed by atoms with Crippen LogP contribution in [-0.2, 0) is 17.5 Å². The van der Waals surface area contributed by atoms with Crippen LogP contribution < -0.4 is 5.32 Å². The zero-order valence-electron chi connectivity index (χ0n) is 13.9. The molecule has 0 bridgehead atoms. The Morgan fingerprint density at radius 1 is 1.23 bits per heavy atom. The van der Waals surface area contributed by atoms with Gasteiger partial charge in [0.25, 0.3) is 0 Å². The molecule has 1 aromatic heterocycles. The molecule has 0 radical (unpaired) electrons. The first-order chi connectivity index (χ1) is 12.4. The number of nitrogens with zero attached hydrogens (tertiary/aromatic N) is 2. The van der Waals surface area contributed by atoms with Crippen molar-refractivity contribution >= 4 is 6.03 Å². The van der Waals surface area contributed by atoms with Crippen LogP contribution in [0.25, 0.3) is 0 Å². The number of urea groups is 1. The molecule has 0 spiro atoms. The van der Waals surface area contributed by atoms with Gasteiger partial charge in [-0.3, -0.25) is 4.98 Å². The number of halogens is 3. The molecule has 1 unspecified atom stereocenters. The number of pyridine rings is 1. The standard InChI is InChI=1S/C18H18F3N3O2/c19-18(20,21)16-7-6-13(10-22-16)11-23-17(25)24-8-9-26-15(12-24)14-4-2-1-3-5-14/h1-7,10,15H,8-9,11-12H2,(H,23,25). The van der Waals surface area contributed by atoms with E-state index in [1.807, 2.05) is 30.3 Å². The van der Waals surface area contributed by atoms with Crippen LogP contribution >= 0.6 is 0 Å². The molecule has 1 atom stereocenters. The van der Waals surface area contributed by atoms with Crippen LogP contribution in [0.1, 0.15) is 22.9 Å². The first-order valence-electron chi connectivity index (χ1n) is 8.15. The molecule has 2 heterocycles. The lowest BCUT2D eigenvalue weighted by Crippen LogP contribution is -2.46. The average Bonchev–Trinajstić information content (AvgIpc) is 2.66. The molecule has 5 nitrogen and oxygen atoms in total. The highest BCUT2D eigenvalue weighted by Gasteiger charge is 2.32. The zero-order valence-corrected chi connectivity index (χ0v) is 13.9. The maximum atomic E-state index is 12.5. The molecule has 138 valence electrons. The Hall–Kier alpha value is -2.61. The van der Waals surface area contributed by atoms with Crippen molar-refractivity contribution in [3.05, 3.63) is 65.5 Å². The lowest BCUT2D eigenvalue weighted by Gasteiger charge is -2.33. The highest BCUT2D eigenvalue weighted by Crippen LogP contribution is 2.27. The number of nitrogens with one attached hydrogen (secondary N) is 1. The van der Waals surface area contributed by atoms with E-state index in [0.717, 1.165) is 17.8 Å². The summed E-state index contributed by atoms with van der Waals surface area (Å²) in [6.07, 6.45) is -3.54. The molecular formula is C18H18F3N3O2.